The van der Waals surface area contributed by atoms with Crippen molar-refractivity contribution in [2.45, 2.75) is 6.92 Å². The minimum Gasteiger partial charge on any atom is -0.497 e. The van der Waals surface area contributed by atoms with Crippen molar-refractivity contribution in [3.63, 3.8) is 0 Å². The summed E-state index contributed by atoms with van der Waals surface area (Å²) < 4.78 is 10.4. The fourth-order valence-electron chi connectivity index (χ4n) is 1.93. The average Bonchev–Trinajstić information content (AvgIpc) is 2.45. The molecule has 2 aromatic rings. The van der Waals surface area contributed by atoms with Crippen LogP contribution >= 0.6 is 0 Å². The zero-order chi connectivity index (χ0) is 14.7. The van der Waals surface area contributed by atoms with Crippen LogP contribution in [0.1, 0.15) is 16.1 Å². The molecule has 0 unspecified atom stereocenters. The number of aromatic nitrogens is 2. The van der Waals surface area contributed by atoms with Gasteiger partial charge in [-0.05, 0) is 25.1 Å². The van der Waals surface area contributed by atoms with E-state index in [0.29, 0.717) is 28.5 Å². The number of carboxylic acid groups (broad SMARTS) is 1. The summed E-state index contributed by atoms with van der Waals surface area (Å²) in [6, 6.07) is 5.13. The Labute approximate surface area is 116 Å². The number of carbonyl (C=O) groups is 1. The van der Waals surface area contributed by atoms with E-state index in [4.69, 9.17) is 9.47 Å². The van der Waals surface area contributed by atoms with E-state index in [0.717, 1.165) is 0 Å². The third-order valence-corrected chi connectivity index (χ3v) is 2.91. The first-order chi connectivity index (χ1) is 9.58. The van der Waals surface area contributed by atoms with Crippen molar-refractivity contribution < 1.29 is 19.4 Å². The van der Waals surface area contributed by atoms with Gasteiger partial charge in [0.15, 0.2) is 0 Å². The first-order valence-electron chi connectivity index (χ1n) is 5.85. The topological polar surface area (TPSA) is 81.5 Å². The van der Waals surface area contributed by atoms with E-state index in [1.165, 1.54) is 20.5 Å². The zero-order valence-electron chi connectivity index (χ0n) is 11.4. The largest absolute Gasteiger partial charge is 0.497 e. The van der Waals surface area contributed by atoms with Gasteiger partial charge in [-0.25, -0.2) is 14.8 Å². The molecule has 0 atom stereocenters. The van der Waals surface area contributed by atoms with Crippen LogP contribution in [-0.4, -0.2) is 35.3 Å². The van der Waals surface area contributed by atoms with Crippen LogP contribution < -0.4 is 9.47 Å². The van der Waals surface area contributed by atoms with Crippen LogP contribution in [0.2, 0.25) is 0 Å². The summed E-state index contributed by atoms with van der Waals surface area (Å²) in [5, 5.41) is 9.35. The second kappa shape index (κ2) is 5.56. The zero-order valence-corrected chi connectivity index (χ0v) is 11.4. The molecule has 0 fully saturated rings. The number of hydrogen-bond donors (Lipinski definition) is 1. The molecule has 1 N–H and O–H groups in total. The van der Waals surface area contributed by atoms with Gasteiger partial charge in [-0.15, -0.1) is 0 Å². The Bertz CT molecular complexity index is 656. The number of rotatable bonds is 4. The molecular formula is C14H14N2O4. The summed E-state index contributed by atoms with van der Waals surface area (Å²) in [7, 11) is 3.05. The van der Waals surface area contributed by atoms with Gasteiger partial charge in [0.2, 0.25) is 0 Å². The molecule has 0 aliphatic heterocycles. The normalized spacial score (nSPS) is 10.2. The average molecular weight is 274 g/mol. The molecule has 6 heteroatoms. The highest BCUT2D eigenvalue weighted by Crippen LogP contribution is 2.34. The highest BCUT2D eigenvalue weighted by Gasteiger charge is 2.20. The quantitative estimate of drug-likeness (QED) is 0.920. The number of benzene rings is 1. The van der Waals surface area contributed by atoms with Crippen LogP contribution in [-0.2, 0) is 0 Å². The Kier molecular flexibility index (Phi) is 3.84. The molecular weight excluding hydrogens is 260 g/mol. The lowest BCUT2D eigenvalue weighted by atomic mass is 10.0. The first-order valence-corrected chi connectivity index (χ1v) is 5.85. The summed E-state index contributed by atoms with van der Waals surface area (Å²) in [6.45, 7) is 1.63. The fraction of sp³-hybridized carbons (Fsp3) is 0.214. The van der Waals surface area contributed by atoms with Crippen molar-refractivity contribution in [2.75, 3.05) is 14.2 Å². The summed E-state index contributed by atoms with van der Waals surface area (Å²) in [5.41, 5.74) is 1.31. The van der Waals surface area contributed by atoms with Gasteiger partial charge in [0, 0.05) is 5.56 Å². The molecule has 0 aliphatic rings. The molecule has 0 saturated carbocycles. The van der Waals surface area contributed by atoms with E-state index >= 15 is 0 Å². The predicted molar refractivity (Wildman–Crippen MR) is 72.3 cm³/mol. The third-order valence-electron chi connectivity index (χ3n) is 2.91. The summed E-state index contributed by atoms with van der Waals surface area (Å²) in [6.07, 6.45) is 1.33. The molecule has 2 rings (SSSR count). The number of ether oxygens (including phenoxy) is 2. The molecule has 0 bridgehead atoms. The maximum absolute atomic E-state index is 11.4. The van der Waals surface area contributed by atoms with E-state index < -0.39 is 5.97 Å². The van der Waals surface area contributed by atoms with Crippen LogP contribution in [0.4, 0.5) is 0 Å². The molecule has 20 heavy (non-hydrogen) atoms. The van der Waals surface area contributed by atoms with E-state index in [2.05, 4.69) is 9.97 Å². The highest BCUT2D eigenvalue weighted by atomic mass is 16.5. The maximum Gasteiger partial charge on any atom is 0.339 e. The smallest absolute Gasteiger partial charge is 0.339 e. The standard InChI is InChI=1S/C14H14N2O4/c1-8-12(14(17)18)13(16-7-15-8)10-6-9(19-2)4-5-11(10)20-3/h4-7H,1-3H3,(H,17,18). The molecule has 0 aliphatic carbocycles. The highest BCUT2D eigenvalue weighted by molar-refractivity contribution is 5.96. The Morgan fingerprint density at radius 3 is 2.55 bits per heavy atom. The van der Waals surface area contributed by atoms with Crippen molar-refractivity contribution in [3.05, 3.63) is 35.8 Å². The predicted octanol–water partition coefficient (Wildman–Crippen LogP) is 2.17. The van der Waals surface area contributed by atoms with Gasteiger partial charge in [0.05, 0.1) is 25.6 Å². The van der Waals surface area contributed by atoms with Gasteiger partial charge in [-0.1, -0.05) is 0 Å². The van der Waals surface area contributed by atoms with E-state index in [-0.39, 0.29) is 5.56 Å². The Balaban J connectivity index is 2.73. The molecule has 0 spiro atoms. The lowest BCUT2D eigenvalue weighted by Gasteiger charge is -2.12. The SMILES string of the molecule is COc1ccc(OC)c(-c2ncnc(C)c2C(=O)O)c1. The second-order valence-corrected chi connectivity index (χ2v) is 4.05. The summed E-state index contributed by atoms with van der Waals surface area (Å²) in [4.78, 5) is 19.4. The Morgan fingerprint density at radius 2 is 1.95 bits per heavy atom. The van der Waals surface area contributed by atoms with Crippen molar-refractivity contribution >= 4 is 5.97 Å². The lowest BCUT2D eigenvalue weighted by molar-refractivity contribution is 0.0696. The van der Waals surface area contributed by atoms with Crippen LogP contribution in [0.15, 0.2) is 24.5 Å². The monoisotopic (exact) mass is 274 g/mol. The summed E-state index contributed by atoms with van der Waals surface area (Å²) in [5.74, 6) is 0.0303. The van der Waals surface area contributed by atoms with Crippen LogP contribution in [0, 0.1) is 6.92 Å². The number of aromatic carboxylic acids is 1. The second-order valence-electron chi connectivity index (χ2n) is 4.05. The molecule has 1 aromatic carbocycles. The Hall–Kier alpha value is -2.63. The van der Waals surface area contributed by atoms with Gasteiger partial charge in [-0.3, -0.25) is 0 Å². The van der Waals surface area contributed by atoms with Gasteiger partial charge in [-0.2, -0.15) is 0 Å². The van der Waals surface area contributed by atoms with Crippen LogP contribution in [0.5, 0.6) is 11.5 Å². The van der Waals surface area contributed by atoms with Crippen molar-refractivity contribution in [1.29, 1.82) is 0 Å². The first kappa shape index (κ1) is 13.8. The molecule has 0 saturated heterocycles. The molecule has 104 valence electrons. The lowest BCUT2D eigenvalue weighted by Crippen LogP contribution is -2.07. The van der Waals surface area contributed by atoms with Gasteiger partial charge < -0.3 is 14.6 Å². The van der Waals surface area contributed by atoms with Gasteiger partial charge >= 0.3 is 5.97 Å². The molecule has 0 amide bonds. The third kappa shape index (κ3) is 2.40. The number of carboxylic acids is 1. The molecule has 0 radical (unpaired) electrons. The van der Waals surface area contributed by atoms with E-state index in [1.807, 2.05) is 0 Å². The minimum atomic E-state index is -1.08. The van der Waals surface area contributed by atoms with Crippen molar-refractivity contribution in [1.82, 2.24) is 9.97 Å². The van der Waals surface area contributed by atoms with Gasteiger partial charge in [0.25, 0.3) is 0 Å². The molecule has 1 aromatic heterocycles. The van der Waals surface area contributed by atoms with Crippen LogP contribution in [0.3, 0.4) is 0 Å². The van der Waals surface area contributed by atoms with Crippen LogP contribution in [0.25, 0.3) is 11.3 Å². The van der Waals surface area contributed by atoms with Gasteiger partial charge in [0.1, 0.15) is 23.4 Å². The van der Waals surface area contributed by atoms with Crippen molar-refractivity contribution in [3.8, 4) is 22.8 Å². The maximum atomic E-state index is 11.4. The van der Waals surface area contributed by atoms with Crippen molar-refractivity contribution in [2.24, 2.45) is 0 Å². The number of nitrogens with zero attached hydrogens (tertiary/aromatic N) is 2. The van der Waals surface area contributed by atoms with E-state index in [1.54, 1.807) is 25.1 Å². The summed E-state index contributed by atoms with van der Waals surface area (Å²) >= 11 is 0. The minimum absolute atomic E-state index is 0.0547. The molecule has 6 nitrogen and oxygen atoms in total. The number of methoxy groups -OCH3 is 2. The fourth-order valence-corrected chi connectivity index (χ4v) is 1.93. The Morgan fingerprint density at radius 1 is 1.20 bits per heavy atom. The van der Waals surface area contributed by atoms with E-state index in [9.17, 15) is 9.90 Å². The number of aryl methyl sites for hydroxylation is 1. The number of hydrogen-bond acceptors (Lipinski definition) is 5. The molecule has 1 heterocycles.